The molecule has 0 saturated carbocycles. The fourth-order valence-electron chi connectivity index (χ4n) is 1.74. The number of nitrogens with zero attached hydrogens (tertiary/aromatic N) is 3. The summed E-state index contributed by atoms with van der Waals surface area (Å²) < 4.78 is 0. The Kier molecular flexibility index (Phi) is 2.61. The molecule has 0 radical (unpaired) electrons. The van der Waals surface area contributed by atoms with Crippen molar-refractivity contribution in [3.8, 4) is 22.6 Å². The molecule has 3 heterocycles. The van der Waals surface area contributed by atoms with E-state index in [1.165, 1.54) is 0 Å². The van der Waals surface area contributed by atoms with Crippen LogP contribution in [0.4, 0.5) is 0 Å². The molecule has 0 atom stereocenters. The van der Waals surface area contributed by atoms with Gasteiger partial charge in [0.15, 0.2) is 0 Å². The summed E-state index contributed by atoms with van der Waals surface area (Å²) >= 11 is 0. The van der Waals surface area contributed by atoms with Gasteiger partial charge in [-0.3, -0.25) is 9.97 Å². The zero-order valence-electron chi connectivity index (χ0n) is 9.96. The lowest BCUT2D eigenvalue weighted by molar-refractivity contribution is 1.20. The van der Waals surface area contributed by atoms with Gasteiger partial charge in [-0.15, -0.1) is 0 Å². The first kappa shape index (κ1) is 10.7. The molecule has 88 valence electrons. The van der Waals surface area contributed by atoms with Gasteiger partial charge >= 0.3 is 0 Å². The number of aryl methyl sites for hydroxylation is 1. The summed E-state index contributed by atoms with van der Waals surface area (Å²) in [6.07, 6.45) is 7.19. The molecule has 3 aromatic heterocycles. The van der Waals surface area contributed by atoms with Crippen LogP contribution in [-0.4, -0.2) is 19.9 Å². The first-order valence-corrected chi connectivity index (χ1v) is 5.71. The quantitative estimate of drug-likeness (QED) is 0.744. The van der Waals surface area contributed by atoms with Gasteiger partial charge in [0.05, 0.1) is 11.9 Å². The highest BCUT2D eigenvalue weighted by atomic mass is 14.9. The number of nitrogens with one attached hydrogen (secondary N) is 1. The topological polar surface area (TPSA) is 54.5 Å². The van der Waals surface area contributed by atoms with E-state index in [-0.39, 0.29) is 0 Å². The van der Waals surface area contributed by atoms with Crippen LogP contribution in [-0.2, 0) is 0 Å². The minimum Gasteiger partial charge on any atom is -0.338 e. The van der Waals surface area contributed by atoms with Gasteiger partial charge in [-0.1, -0.05) is 0 Å². The molecule has 0 spiro atoms. The van der Waals surface area contributed by atoms with E-state index in [4.69, 9.17) is 0 Å². The smallest absolute Gasteiger partial charge is 0.139 e. The Bertz CT molecular complexity index is 641. The standard InChI is InChI=1S/C14H12N4/c1-10-4-5-11(8-16-10)13-9-17-14(18-13)12-3-2-6-15-7-12/h2-9H,1H3,(H,17,18). The van der Waals surface area contributed by atoms with Gasteiger partial charge in [0.1, 0.15) is 5.82 Å². The number of rotatable bonds is 2. The summed E-state index contributed by atoms with van der Waals surface area (Å²) in [5.41, 5.74) is 3.97. The number of hydrogen-bond acceptors (Lipinski definition) is 3. The van der Waals surface area contributed by atoms with Gasteiger partial charge in [0.2, 0.25) is 0 Å². The summed E-state index contributed by atoms with van der Waals surface area (Å²) in [6.45, 7) is 1.97. The van der Waals surface area contributed by atoms with Crippen molar-refractivity contribution in [2.45, 2.75) is 6.92 Å². The number of hydrogen-bond donors (Lipinski definition) is 1. The third-order valence-corrected chi connectivity index (χ3v) is 2.73. The highest BCUT2D eigenvalue weighted by molar-refractivity contribution is 5.63. The largest absolute Gasteiger partial charge is 0.338 e. The second kappa shape index (κ2) is 4.41. The Labute approximate surface area is 105 Å². The maximum atomic E-state index is 4.36. The third kappa shape index (κ3) is 2.00. The molecule has 4 nitrogen and oxygen atoms in total. The van der Waals surface area contributed by atoms with Gasteiger partial charge in [-0.2, -0.15) is 0 Å². The van der Waals surface area contributed by atoms with Crippen LogP contribution in [0.2, 0.25) is 0 Å². The second-order valence-electron chi connectivity index (χ2n) is 4.08. The molecule has 0 aromatic carbocycles. The van der Waals surface area contributed by atoms with Gasteiger partial charge < -0.3 is 4.98 Å². The van der Waals surface area contributed by atoms with E-state index in [2.05, 4.69) is 19.9 Å². The number of H-pyrrole nitrogens is 1. The van der Waals surface area contributed by atoms with Crippen LogP contribution >= 0.6 is 0 Å². The van der Waals surface area contributed by atoms with Crippen molar-refractivity contribution in [2.75, 3.05) is 0 Å². The number of pyridine rings is 2. The SMILES string of the molecule is Cc1ccc(-c2cnc(-c3cccnc3)[nH]2)cn1. The Morgan fingerprint density at radius 3 is 2.61 bits per heavy atom. The van der Waals surface area contributed by atoms with Crippen molar-refractivity contribution in [1.82, 2.24) is 19.9 Å². The molecule has 0 aliphatic carbocycles. The molecule has 1 N–H and O–H groups in total. The van der Waals surface area contributed by atoms with Crippen molar-refractivity contribution in [3.63, 3.8) is 0 Å². The van der Waals surface area contributed by atoms with E-state index >= 15 is 0 Å². The molecular formula is C14H12N4. The average molecular weight is 236 g/mol. The monoisotopic (exact) mass is 236 g/mol. The zero-order chi connectivity index (χ0) is 12.4. The van der Waals surface area contributed by atoms with E-state index < -0.39 is 0 Å². The van der Waals surface area contributed by atoms with Gasteiger partial charge in [0, 0.05) is 35.4 Å². The molecule has 0 unspecified atom stereocenters. The normalized spacial score (nSPS) is 10.5. The van der Waals surface area contributed by atoms with Gasteiger partial charge in [-0.05, 0) is 31.2 Å². The van der Waals surface area contributed by atoms with Crippen molar-refractivity contribution >= 4 is 0 Å². The summed E-state index contributed by atoms with van der Waals surface area (Å²) in [4.78, 5) is 16.0. The Balaban J connectivity index is 1.97. The van der Waals surface area contributed by atoms with E-state index in [0.29, 0.717) is 0 Å². The predicted octanol–water partition coefficient (Wildman–Crippen LogP) is 2.84. The van der Waals surface area contributed by atoms with E-state index in [0.717, 1.165) is 28.3 Å². The lowest BCUT2D eigenvalue weighted by Crippen LogP contribution is -1.84. The number of aromatic nitrogens is 4. The van der Waals surface area contributed by atoms with Crippen LogP contribution in [0.5, 0.6) is 0 Å². The summed E-state index contributed by atoms with van der Waals surface area (Å²) in [6, 6.07) is 7.89. The maximum Gasteiger partial charge on any atom is 0.139 e. The van der Waals surface area contributed by atoms with Crippen LogP contribution < -0.4 is 0 Å². The predicted molar refractivity (Wildman–Crippen MR) is 69.8 cm³/mol. The maximum absolute atomic E-state index is 4.36. The van der Waals surface area contributed by atoms with Crippen molar-refractivity contribution < 1.29 is 0 Å². The second-order valence-corrected chi connectivity index (χ2v) is 4.08. The minimum absolute atomic E-state index is 0.818. The molecule has 0 amide bonds. The fourth-order valence-corrected chi connectivity index (χ4v) is 1.74. The minimum atomic E-state index is 0.818. The lowest BCUT2D eigenvalue weighted by atomic mass is 10.2. The van der Waals surface area contributed by atoms with E-state index in [1.807, 2.05) is 43.6 Å². The van der Waals surface area contributed by atoms with Crippen LogP contribution in [0.15, 0.2) is 49.1 Å². The van der Waals surface area contributed by atoms with E-state index in [1.54, 1.807) is 12.4 Å². The Morgan fingerprint density at radius 1 is 0.944 bits per heavy atom. The average Bonchev–Trinajstić information content (AvgIpc) is 2.90. The highest BCUT2D eigenvalue weighted by Gasteiger charge is 2.05. The number of aromatic amines is 1. The Hall–Kier alpha value is -2.49. The van der Waals surface area contributed by atoms with Crippen molar-refractivity contribution in [1.29, 1.82) is 0 Å². The van der Waals surface area contributed by atoms with Gasteiger partial charge in [0.25, 0.3) is 0 Å². The van der Waals surface area contributed by atoms with Crippen LogP contribution in [0.25, 0.3) is 22.6 Å². The molecule has 0 bridgehead atoms. The molecular weight excluding hydrogens is 224 g/mol. The Morgan fingerprint density at radius 2 is 1.89 bits per heavy atom. The molecule has 4 heteroatoms. The molecule has 0 aliphatic rings. The lowest BCUT2D eigenvalue weighted by Gasteiger charge is -1.98. The first-order chi connectivity index (χ1) is 8.83. The highest BCUT2D eigenvalue weighted by Crippen LogP contribution is 2.20. The van der Waals surface area contributed by atoms with Crippen molar-refractivity contribution in [2.24, 2.45) is 0 Å². The number of imidazole rings is 1. The molecule has 18 heavy (non-hydrogen) atoms. The molecule has 0 fully saturated rings. The summed E-state index contributed by atoms with van der Waals surface area (Å²) in [7, 11) is 0. The van der Waals surface area contributed by atoms with Crippen molar-refractivity contribution in [3.05, 3.63) is 54.7 Å². The van der Waals surface area contributed by atoms with Crippen LogP contribution in [0.3, 0.4) is 0 Å². The fraction of sp³-hybridized carbons (Fsp3) is 0.0714. The third-order valence-electron chi connectivity index (χ3n) is 2.73. The molecule has 0 saturated heterocycles. The first-order valence-electron chi connectivity index (χ1n) is 5.71. The van der Waals surface area contributed by atoms with Crippen LogP contribution in [0.1, 0.15) is 5.69 Å². The molecule has 0 aliphatic heterocycles. The summed E-state index contributed by atoms with van der Waals surface area (Å²) in [5.74, 6) is 0.818. The van der Waals surface area contributed by atoms with Crippen LogP contribution in [0, 0.1) is 6.92 Å². The van der Waals surface area contributed by atoms with Gasteiger partial charge in [-0.25, -0.2) is 4.98 Å². The molecule has 3 aromatic rings. The molecule has 3 rings (SSSR count). The zero-order valence-corrected chi connectivity index (χ0v) is 9.96. The summed E-state index contributed by atoms with van der Waals surface area (Å²) in [5, 5.41) is 0. The van der Waals surface area contributed by atoms with E-state index in [9.17, 15) is 0 Å².